The number of anilines is 1. The lowest BCUT2D eigenvalue weighted by atomic mass is 10.0. The Labute approximate surface area is 111 Å². The van der Waals surface area contributed by atoms with Crippen LogP contribution in [0.2, 0.25) is 0 Å². The summed E-state index contributed by atoms with van der Waals surface area (Å²) >= 11 is 0. The fourth-order valence-corrected chi connectivity index (χ4v) is 1.84. The van der Waals surface area contributed by atoms with Crippen molar-refractivity contribution < 1.29 is 14.3 Å². The van der Waals surface area contributed by atoms with Crippen molar-refractivity contribution in [3.63, 3.8) is 0 Å². The van der Waals surface area contributed by atoms with E-state index < -0.39 is 0 Å². The number of nitrogen functional groups attached to an aromatic ring is 1. The SMILES string of the molecule is COc1ccc(OC)c(C(=O)c2ccccc2N)c1. The van der Waals surface area contributed by atoms with Gasteiger partial charge in [-0.2, -0.15) is 0 Å². The second-order valence-corrected chi connectivity index (χ2v) is 3.98. The molecule has 2 rings (SSSR count). The first-order valence-corrected chi connectivity index (χ1v) is 5.78. The summed E-state index contributed by atoms with van der Waals surface area (Å²) < 4.78 is 10.3. The zero-order chi connectivity index (χ0) is 13.8. The van der Waals surface area contributed by atoms with E-state index >= 15 is 0 Å². The van der Waals surface area contributed by atoms with Gasteiger partial charge in [0.25, 0.3) is 0 Å². The van der Waals surface area contributed by atoms with Crippen molar-refractivity contribution in [2.24, 2.45) is 0 Å². The van der Waals surface area contributed by atoms with E-state index in [0.29, 0.717) is 28.3 Å². The molecule has 0 unspecified atom stereocenters. The molecule has 4 heteroatoms. The number of benzene rings is 2. The summed E-state index contributed by atoms with van der Waals surface area (Å²) in [7, 11) is 3.07. The highest BCUT2D eigenvalue weighted by Crippen LogP contribution is 2.27. The average molecular weight is 257 g/mol. The molecule has 19 heavy (non-hydrogen) atoms. The van der Waals surface area contributed by atoms with Crippen LogP contribution < -0.4 is 15.2 Å². The summed E-state index contributed by atoms with van der Waals surface area (Å²) in [4.78, 5) is 12.5. The standard InChI is InChI=1S/C15H15NO3/c1-18-10-7-8-14(19-2)12(9-10)15(17)11-5-3-4-6-13(11)16/h3-9H,16H2,1-2H3. The number of nitrogens with two attached hydrogens (primary N) is 1. The Balaban J connectivity index is 2.51. The summed E-state index contributed by atoms with van der Waals surface area (Å²) in [6.45, 7) is 0. The normalized spacial score (nSPS) is 10.0. The molecule has 0 aliphatic carbocycles. The van der Waals surface area contributed by atoms with E-state index in [2.05, 4.69) is 0 Å². The summed E-state index contributed by atoms with van der Waals surface area (Å²) in [5.74, 6) is 0.904. The highest BCUT2D eigenvalue weighted by Gasteiger charge is 2.17. The van der Waals surface area contributed by atoms with Gasteiger partial charge < -0.3 is 15.2 Å². The van der Waals surface area contributed by atoms with Gasteiger partial charge in [0.2, 0.25) is 0 Å². The summed E-state index contributed by atoms with van der Waals surface area (Å²) in [5.41, 5.74) is 7.15. The maximum absolute atomic E-state index is 12.5. The number of methoxy groups -OCH3 is 2. The zero-order valence-corrected chi connectivity index (χ0v) is 10.8. The van der Waals surface area contributed by atoms with Crippen LogP contribution in [0.5, 0.6) is 11.5 Å². The molecule has 4 nitrogen and oxygen atoms in total. The van der Waals surface area contributed by atoms with Crippen LogP contribution in [0, 0.1) is 0 Å². The van der Waals surface area contributed by atoms with Gasteiger partial charge in [-0.1, -0.05) is 12.1 Å². The molecule has 0 bridgehead atoms. The molecule has 2 aromatic rings. The van der Waals surface area contributed by atoms with Crippen LogP contribution in [-0.2, 0) is 0 Å². The van der Waals surface area contributed by atoms with Gasteiger partial charge in [0.15, 0.2) is 5.78 Å². The smallest absolute Gasteiger partial charge is 0.198 e. The first-order valence-electron chi connectivity index (χ1n) is 5.78. The lowest BCUT2D eigenvalue weighted by molar-refractivity contribution is 0.103. The minimum Gasteiger partial charge on any atom is -0.497 e. The van der Waals surface area contributed by atoms with Crippen molar-refractivity contribution in [1.82, 2.24) is 0 Å². The minimum absolute atomic E-state index is 0.186. The van der Waals surface area contributed by atoms with E-state index in [1.54, 1.807) is 49.6 Å². The molecule has 0 aromatic heterocycles. The van der Waals surface area contributed by atoms with Crippen LogP contribution in [0.4, 0.5) is 5.69 Å². The quantitative estimate of drug-likeness (QED) is 0.675. The molecular weight excluding hydrogens is 242 g/mol. The van der Waals surface area contributed by atoms with Gasteiger partial charge >= 0.3 is 0 Å². The van der Waals surface area contributed by atoms with Gasteiger partial charge in [0, 0.05) is 11.3 Å². The van der Waals surface area contributed by atoms with Crippen molar-refractivity contribution in [2.75, 3.05) is 20.0 Å². The zero-order valence-electron chi connectivity index (χ0n) is 10.8. The van der Waals surface area contributed by atoms with E-state index in [1.165, 1.54) is 7.11 Å². The predicted molar refractivity (Wildman–Crippen MR) is 73.8 cm³/mol. The second-order valence-electron chi connectivity index (χ2n) is 3.98. The first-order chi connectivity index (χ1) is 9.17. The van der Waals surface area contributed by atoms with Gasteiger partial charge in [-0.05, 0) is 30.3 Å². The van der Waals surface area contributed by atoms with E-state index in [1.807, 2.05) is 0 Å². The third-order valence-electron chi connectivity index (χ3n) is 2.86. The van der Waals surface area contributed by atoms with Crippen molar-refractivity contribution in [2.45, 2.75) is 0 Å². The van der Waals surface area contributed by atoms with Gasteiger partial charge in [-0.3, -0.25) is 4.79 Å². The lowest BCUT2D eigenvalue weighted by Crippen LogP contribution is -2.07. The Morgan fingerprint density at radius 3 is 2.37 bits per heavy atom. The monoisotopic (exact) mass is 257 g/mol. The van der Waals surface area contributed by atoms with Gasteiger partial charge in [-0.15, -0.1) is 0 Å². The Morgan fingerprint density at radius 2 is 1.74 bits per heavy atom. The Kier molecular flexibility index (Phi) is 3.71. The molecule has 0 amide bonds. The first kappa shape index (κ1) is 13.0. The van der Waals surface area contributed by atoms with E-state index in [0.717, 1.165) is 0 Å². The number of carbonyl (C=O) groups is 1. The summed E-state index contributed by atoms with van der Waals surface area (Å²) in [6.07, 6.45) is 0. The highest BCUT2D eigenvalue weighted by molar-refractivity contribution is 6.13. The molecule has 0 saturated heterocycles. The van der Waals surface area contributed by atoms with Crippen LogP contribution in [0.3, 0.4) is 0 Å². The van der Waals surface area contributed by atoms with Crippen molar-refractivity contribution >= 4 is 11.5 Å². The van der Waals surface area contributed by atoms with Crippen LogP contribution >= 0.6 is 0 Å². The van der Waals surface area contributed by atoms with Gasteiger partial charge in [-0.25, -0.2) is 0 Å². The predicted octanol–water partition coefficient (Wildman–Crippen LogP) is 2.52. The fourth-order valence-electron chi connectivity index (χ4n) is 1.84. The average Bonchev–Trinajstić information content (AvgIpc) is 2.46. The molecular formula is C15H15NO3. The van der Waals surface area contributed by atoms with Crippen molar-refractivity contribution in [3.8, 4) is 11.5 Å². The topological polar surface area (TPSA) is 61.5 Å². The molecule has 0 atom stereocenters. The number of ketones is 1. The molecule has 0 saturated carbocycles. The maximum atomic E-state index is 12.5. The molecule has 0 aliphatic rings. The second kappa shape index (κ2) is 5.44. The fraction of sp³-hybridized carbons (Fsp3) is 0.133. The maximum Gasteiger partial charge on any atom is 0.198 e. The van der Waals surface area contributed by atoms with Crippen LogP contribution in [0.15, 0.2) is 42.5 Å². The minimum atomic E-state index is -0.186. The Hall–Kier alpha value is -2.49. The van der Waals surface area contributed by atoms with Crippen LogP contribution in [0.1, 0.15) is 15.9 Å². The molecule has 0 radical (unpaired) electrons. The summed E-state index contributed by atoms with van der Waals surface area (Å²) in [6, 6.07) is 12.0. The Morgan fingerprint density at radius 1 is 1.00 bits per heavy atom. The molecule has 0 heterocycles. The van der Waals surface area contributed by atoms with E-state index in [9.17, 15) is 4.79 Å². The number of hydrogen-bond acceptors (Lipinski definition) is 4. The third-order valence-corrected chi connectivity index (χ3v) is 2.86. The van der Waals surface area contributed by atoms with Crippen LogP contribution in [-0.4, -0.2) is 20.0 Å². The van der Waals surface area contributed by atoms with Gasteiger partial charge in [0.1, 0.15) is 11.5 Å². The molecule has 2 aromatic carbocycles. The molecule has 98 valence electrons. The largest absolute Gasteiger partial charge is 0.497 e. The van der Waals surface area contributed by atoms with E-state index in [-0.39, 0.29) is 5.78 Å². The highest BCUT2D eigenvalue weighted by atomic mass is 16.5. The number of carbonyl (C=O) groups excluding carboxylic acids is 1. The Bertz CT molecular complexity index is 608. The number of hydrogen-bond donors (Lipinski definition) is 1. The van der Waals surface area contributed by atoms with Gasteiger partial charge in [0.05, 0.1) is 19.8 Å². The number of rotatable bonds is 4. The van der Waals surface area contributed by atoms with Crippen molar-refractivity contribution in [3.05, 3.63) is 53.6 Å². The number of ether oxygens (including phenoxy) is 2. The van der Waals surface area contributed by atoms with E-state index in [4.69, 9.17) is 15.2 Å². The van der Waals surface area contributed by atoms with Crippen molar-refractivity contribution in [1.29, 1.82) is 0 Å². The van der Waals surface area contributed by atoms with Crippen LogP contribution in [0.25, 0.3) is 0 Å². The molecule has 0 spiro atoms. The molecule has 0 aliphatic heterocycles. The summed E-state index contributed by atoms with van der Waals surface area (Å²) in [5, 5.41) is 0. The number of para-hydroxylation sites is 1. The third kappa shape index (κ3) is 2.52. The molecule has 2 N–H and O–H groups in total. The lowest BCUT2D eigenvalue weighted by Gasteiger charge is -2.10. The molecule has 0 fully saturated rings.